The number of nitrogens with zero attached hydrogens (tertiary/aromatic N) is 2. The number of hydrogen-bond donors (Lipinski definition) is 1. The van der Waals surface area contributed by atoms with Crippen LogP contribution in [0.15, 0.2) is 12.4 Å². The zero-order chi connectivity index (χ0) is 12.1. The molecule has 3 nitrogen and oxygen atoms in total. The first kappa shape index (κ1) is 12.6. The van der Waals surface area contributed by atoms with E-state index < -0.39 is 5.82 Å². The topological polar surface area (TPSA) is 37.8 Å². The van der Waals surface area contributed by atoms with Crippen molar-refractivity contribution in [2.75, 3.05) is 17.7 Å². The number of rotatable bonds is 4. The summed E-state index contributed by atoms with van der Waals surface area (Å²) in [6, 6.07) is 0. The van der Waals surface area contributed by atoms with Crippen LogP contribution in [0.5, 0.6) is 0 Å². The summed E-state index contributed by atoms with van der Waals surface area (Å²) in [5.74, 6) is 0.711. The van der Waals surface area contributed by atoms with Crippen LogP contribution in [-0.2, 0) is 0 Å². The Morgan fingerprint density at radius 3 is 2.47 bits per heavy atom. The lowest BCUT2D eigenvalue weighted by molar-refractivity contribution is 0.237. The molecule has 1 heterocycles. The fourth-order valence-corrected chi connectivity index (χ4v) is 2.69. The highest BCUT2D eigenvalue weighted by Gasteiger charge is 2.31. The number of anilines is 1. The molecule has 0 bridgehead atoms. The maximum absolute atomic E-state index is 12.6. The van der Waals surface area contributed by atoms with E-state index in [9.17, 15) is 4.39 Å². The molecule has 0 aliphatic heterocycles. The third-order valence-corrected chi connectivity index (χ3v) is 4.01. The molecule has 5 heteroatoms. The largest absolute Gasteiger partial charge is 0.354 e. The standard InChI is InChI=1S/C12H17ClFN3/c13-8-12(4-2-1-3-5-12)9-17-11-15-6-10(14)7-16-11/h6-7H,1-5,8-9H2,(H,15,16,17). The van der Waals surface area contributed by atoms with Crippen LogP contribution < -0.4 is 5.32 Å². The van der Waals surface area contributed by atoms with E-state index in [1.807, 2.05) is 0 Å². The van der Waals surface area contributed by atoms with Crippen molar-refractivity contribution in [3.05, 3.63) is 18.2 Å². The third kappa shape index (κ3) is 3.28. The highest BCUT2D eigenvalue weighted by molar-refractivity contribution is 6.18. The molecule has 0 atom stereocenters. The Morgan fingerprint density at radius 2 is 1.88 bits per heavy atom. The van der Waals surface area contributed by atoms with Gasteiger partial charge in [-0.15, -0.1) is 11.6 Å². The number of halogens is 2. The minimum Gasteiger partial charge on any atom is -0.354 e. The molecule has 1 aromatic rings. The lowest BCUT2D eigenvalue weighted by Gasteiger charge is -2.35. The highest BCUT2D eigenvalue weighted by Crippen LogP contribution is 2.37. The molecule has 1 aliphatic carbocycles. The van der Waals surface area contributed by atoms with E-state index in [2.05, 4.69) is 15.3 Å². The smallest absolute Gasteiger partial charge is 0.222 e. The lowest BCUT2D eigenvalue weighted by atomic mass is 9.75. The molecular formula is C12H17ClFN3. The molecule has 0 radical (unpaired) electrons. The molecule has 94 valence electrons. The molecule has 1 fully saturated rings. The quantitative estimate of drug-likeness (QED) is 0.842. The first-order valence-corrected chi connectivity index (χ1v) is 6.55. The first-order valence-electron chi connectivity index (χ1n) is 6.01. The predicted molar refractivity (Wildman–Crippen MR) is 66.7 cm³/mol. The molecule has 0 amide bonds. The summed E-state index contributed by atoms with van der Waals surface area (Å²) in [5.41, 5.74) is 0.150. The van der Waals surface area contributed by atoms with Crippen molar-refractivity contribution in [1.82, 2.24) is 9.97 Å². The maximum atomic E-state index is 12.6. The molecule has 17 heavy (non-hydrogen) atoms. The Hall–Kier alpha value is -0.900. The van der Waals surface area contributed by atoms with E-state index in [-0.39, 0.29) is 5.41 Å². The second-order valence-corrected chi connectivity index (χ2v) is 5.04. The number of alkyl halides is 1. The van der Waals surface area contributed by atoms with Gasteiger partial charge in [-0.3, -0.25) is 0 Å². The van der Waals surface area contributed by atoms with Crippen LogP contribution >= 0.6 is 11.6 Å². The van der Waals surface area contributed by atoms with Crippen molar-refractivity contribution in [3.8, 4) is 0 Å². The Kier molecular flexibility index (Phi) is 4.15. The second kappa shape index (κ2) is 5.63. The SMILES string of the molecule is Fc1cnc(NCC2(CCl)CCCCC2)nc1. The highest BCUT2D eigenvalue weighted by atomic mass is 35.5. The monoisotopic (exact) mass is 257 g/mol. The molecule has 1 saturated carbocycles. The molecule has 0 spiro atoms. The van der Waals surface area contributed by atoms with Crippen LogP contribution in [0, 0.1) is 11.2 Å². The zero-order valence-corrected chi connectivity index (χ0v) is 10.5. The van der Waals surface area contributed by atoms with Crippen molar-refractivity contribution in [2.45, 2.75) is 32.1 Å². The van der Waals surface area contributed by atoms with Gasteiger partial charge in [-0.25, -0.2) is 14.4 Å². The number of nitrogens with one attached hydrogen (secondary N) is 1. The Morgan fingerprint density at radius 1 is 1.24 bits per heavy atom. The fourth-order valence-electron chi connectivity index (χ4n) is 2.33. The van der Waals surface area contributed by atoms with Crippen molar-refractivity contribution in [3.63, 3.8) is 0 Å². The van der Waals surface area contributed by atoms with E-state index in [4.69, 9.17) is 11.6 Å². The molecule has 2 rings (SSSR count). The van der Waals surface area contributed by atoms with E-state index in [1.165, 1.54) is 31.7 Å². The van der Waals surface area contributed by atoms with Gasteiger partial charge in [-0.1, -0.05) is 19.3 Å². The summed E-state index contributed by atoms with van der Waals surface area (Å²) >= 11 is 6.09. The predicted octanol–water partition coefficient (Wildman–Crippen LogP) is 3.22. The average Bonchev–Trinajstić information content (AvgIpc) is 2.39. The summed E-state index contributed by atoms with van der Waals surface area (Å²) in [7, 11) is 0. The van der Waals surface area contributed by atoms with Crippen molar-refractivity contribution < 1.29 is 4.39 Å². The lowest BCUT2D eigenvalue weighted by Crippen LogP contribution is -2.34. The molecule has 1 N–H and O–H groups in total. The number of aromatic nitrogens is 2. The van der Waals surface area contributed by atoms with Crippen LogP contribution in [-0.4, -0.2) is 22.4 Å². The molecule has 0 aromatic carbocycles. The Balaban J connectivity index is 1.93. The van der Waals surface area contributed by atoms with E-state index >= 15 is 0 Å². The average molecular weight is 258 g/mol. The minimum atomic E-state index is -0.416. The van der Waals surface area contributed by atoms with Gasteiger partial charge in [-0.2, -0.15) is 0 Å². The van der Waals surface area contributed by atoms with Gasteiger partial charge in [0, 0.05) is 17.8 Å². The molecule has 0 unspecified atom stereocenters. The van der Waals surface area contributed by atoms with Gasteiger partial charge in [0.1, 0.15) is 0 Å². The van der Waals surface area contributed by atoms with Gasteiger partial charge >= 0.3 is 0 Å². The van der Waals surface area contributed by atoms with Gasteiger partial charge in [0.2, 0.25) is 5.95 Å². The van der Waals surface area contributed by atoms with Crippen molar-refractivity contribution in [1.29, 1.82) is 0 Å². The van der Waals surface area contributed by atoms with Crippen LogP contribution in [0.2, 0.25) is 0 Å². The van der Waals surface area contributed by atoms with E-state index in [0.29, 0.717) is 11.8 Å². The fraction of sp³-hybridized carbons (Fsp3) is 0.667. The van der Waals surface area contributed by atoms with Crippen molar-refractivity contribution in [2.24, 2.45) is 5.41 Å². The van der Waals surface area contributed by atoms with Crippen LogP contribution in [0.4, 0.5) is 10.3 Å². The third-order valence-electron chi connectivity index (χ3n) is 3.44. The Bertz CT molecular complexity index is 349. The van der Waals surface area contributed by atoms with E-state index in [1.54, 1.807) is 0 Å². The Labute approximate surface area is 106 Å². The van der Waals surface area contributed by atoms with Crippen LogP contribution in [0.1, 0.15) is 32.1 Å². The molecular weight excluding hydrogens is 241 g/mol. The van der Waals surface area contributed by atoms with Gasteiger partial charge < -0.3 is 5.32 Å². The second-order valence-electron chi connectivity index (χ2n) is 4.77. The van der Waals surface area contributed by atoms with Gasteiger partial charge in [0.05, 0.1) is 12.4 Å². The molecule has 0 saturated heterocycles. The van der Waals surface area contributed by atoms with Crippen LogP contribution in [0.3, 0.4) is 0 Å². The summed E-state index contributed by atoms with van der Waals surface area (Å²) in [6.07, 6.45) is 8.39. The van der Waals surface area contributed by atoms with Crippen LogP contribution in [0.25, 0.3) is 0 Å². The van der Waals surface area contributed by atoms with Gasteiger partial charge in [0.25, 0.3) is 0 Å². The first-order chi connectivity index (χ1) is 8.24. The zero-order valence-electron chi connectivity index (χ0n) is 9.75. The maximum Gasteiger partial charge on any atom is 0.222 e. The summed E-state index contributed by atoms with van der Waals surface area (Å²) in [5, 5.41) is 3.16. The summed E-state index contributed by atoms with van der Waals surface area (Å²) < 4.78 is 12.6. The van der Waals surface area contributed by atoms with Crippen molar-refractivity contribution >= 4 is 17.5 Å². The van der Waals surface area contributed by atoms with Gasteiger partial charge in [-0.05, 0) is 12.8 Å². The molecule has 1 aromatic heterocycles. The minimum absolute atomic E-state index is 0.150. The summed E-state index contributed by atoms with van der Waals surface area (Å²) in [6.45, 7) is 0.766. The summed E-state index contributed by atoms with van der Waals surface area (Å²) in [4.78, 5) is 7.78. The van der Waals surface area contributed by atoms with Gasteiger partial charge in [0.15, 0.2) is 5.82 Å². The van der Waals surface area contributed by atoms with E-state index in [0.717, 1.165) is 19.4 Å². The normalized spacial score (nSPS) is 18.9. The number of hydrogen-bond acceptors (Lipinski definition) is 3. The molecule has 1 aliphatic rings.